The Morgan fingerprint density at radius 1 is 1.10 bits per heavy atom. The maximum Gasteiger partial charge on any atom is 0.253 e. The summed E-state index contributed by atoms with van der Waals surface area (Å²) in [6.07, 6.45) is 0. The molecule has 0 aromatic heterocycles. The Morgan fingerprint density at radius 2 is 1.86 bits per heavy atom. The number of hydrogen-bond acceptors (Lipinski definition) is 2. The van der Waals surface area contributed by atoms with Crippen molar-refractivity contribution in [1.29, 1.82) is 0 Å². The molecule has 0 spiro atoms. The molecule has 6 heteroatoms. The van der Waals surface area contributed by atoms with Gasteiger partial charge in [0.1, 0.15) is 17.5 Å². The normalized spacial score (nSPS) is 10.3. The number of rotatable bonds is 4. The first-order chi connectivity index (χ1) is 10.0. The van der Waals surface area contributed by atoms with Crippen molar-refractivity contribution in [3.63, 3.8) is 0 Å². The van der Waals surface area contributed by atoms with Crippen LogP contribution in [0.1, 0.15) is 15.9 Å². The fraction of sp³-hybridized carbons (Fsp3) is 0.133. The third-order valence-electron chi connectivity index (χ3n) is 2.96. The summed E-state index contributed by atoms with van der Waals surface area (Å²) in [7, 11) is 1.49. The summed E-state index contributed by atoms with van der Waals surface area (Å²) in [5.41, 5.74) is 0.162. The molecule has 3 nitrogen and oxygen atoms in total. The summed E-state index contributed by atoms with van der Waals surface area (Å²) < 4.78 is 40.0. The molecule has 0 aliphatic rings. The molecule has 21 heavy (non-hydrogen) atoms. The highest BCUT2D eigenvalue weighted by Crippen LogP contribution is 2.19. The van der Waals surface area contributed by atoms with Crippen molar-refractivity contribution in [3.05, 3.63) is 65.0 Å². The maximum atomic E-state index is 13.5. The summed E-state index contributed by atoms with van der Waals surface area (Å²) in [4.78, 5) is 12.0. The third kappa shape index (κ3) is 3.34. The van der Waals surface area contributed by atoms with Gasteiger partial charge in [0.2, 0.25) is 0 Å². The Hall–Kier alpha value is -2.50. The number of amides is 1. The largest absolute Gasteiger partial charge is 0.385 e. The lowest BCUT2D eigenvalue weighted by Gasteiger charge is -2.11. The van der Waals surface area contributed by atoms with Crippen LogP contribution >= 0.6 is 0 Å². The minimum atomic E-state index is -0.621. The molecule has 0 saturated carbocycles. The summed E-state index contributed by atoms with van der Waals surface area (Å²) in [5, 5.41) is 5.03. The number of halogens is 3. The van der Waals surface area contributed by atoms with Crippen molar-refractivity contribution in [1.82, 2.24) is 5.32 Å². The second kappa shape index (κ2) is 6.30. The van der Waals surface area contributed by atoms with Gasteiger partial charge in [0.05, 0.1) is 11.3 Å². The number of carbonyl (C=O) groups excluding carboxylic acids is 1. The number of para-hydroxylation sites is 1. The number of hydrogen-bond donors (Lipinski definition) is 2. The Balaban J connectivity index is 2.16. The highest BCUT2D eigenvalue weighted by Gasteiger charge is 2.14. The van der Waals surface area contributed by atoms with Crippen molar-refractivity contribution >= 4 is 11.6 Å². The second-order valence-electron chi connectivity index (χ2n) is 4.33. The van der Waals surface area contributed by atoms with Gasteiger partial charge in [0, 0.05) is 19.2 Å². The highest BCUT2D eigenvalue weighted by molar-refractivity contribution is 5.99. The first kappa shape index (κ1) is 14.9. The van der Waals surface area contributed by atoms with Crippen LogP contribution in [0.5, 0.6) is 0 Å². The molecule has 0 atom stereocenters. The monoisotopic (exact) mass is 294 g/mol. The zero-order valence-corrected chi connectivity index (χ0v) is 11.2. The van der Waals surface area contributed by atoms with E-state index in [4.69, 9.17) is 0 Å². The molecule has 1 amide bonds. The average molecular weight is 294 g/mol. The van der Waals surface area contributed by atoms with E-state index in [1.165, 1.54) is 25.2 Å². The SMILES string of the molecule is CNc1c(F)cccc1C(=O)NCc1cc(F)ccc1F. The molecule has 0 aliphatic carbocycles. The van der Waals surface area contributed by atoms with Crippen molar-refractivity contribution in [2.45, 2.75) is 6.54 Å². The highest BCUT2D eigenvalue weighted by atomic mass is 19.1. The van der Waals surface area contributed by atoms with Gasteiger partial charge in [-0.2, -0.15) is 0 Å². The summed E-state index contributed by atoms with van der Waals surface area (Å²) in [6, 6.07) is 7.03. The van der Waals surface area contributed by atoms with Gasteiger partial charge >= 0.3 is 0 Å². The standard InChI is InChI=1S/C15H13F3N2O/c1-19-14-11(3-2-4-13(14)18)15(21)20-8-9-7-10(16)5-6-12(9)17/h2-7,19H,8H2,1H3,(H,20,21). The van der Waals surface area contributed by atoms with Crippen LogP contribution in [0.4, 0.5) is 18.9 Å². The number of carbonyl (C=O) groups is 1. The molecule has 2 aromatic carbocycles. The summed E-state index contributed by atoms with van der Waals surface area (Å²) in [6.45, 7) is -0.192. The van der Waals surface area contributed by atoms with Crippen LogP contribution in [0.15, 0.2) is 36.4 Å². The van der Waals surface area contributed by atoms with E-state index in [2.05, 4.69) is 10.6 Å². The number of benzene rings is 2. The van der Waals surface area contributed by atoms with Crippen LogP contribution in [0.2, 0.25) is 0 Å². The van der Waals surface area contributed by atoms with E-state index < -0.39 is 23.4 Å². The molecule has 2 aromatic rings. The Kier molecular flexibility index (Phi) is 4.47. The molecule has 110 valence electrons. The van der Waals surface area contributed by atoms with Crippen LogP contribution in [-0.4, -0.2) is 13.0 Å². The van der Waals surface area contributed by atoms with Gasteiger partial charge in [0.15, 0.2) is 0 Å². The summed E-state index contributed by atoms with van der Waals surface area (Å²) in [5.74, 6) is -2.36. The quantitative estimate of drug-likeness (QED) is 0.910. The van der Waals surface area contributed by atoms with Gasteiger partial charge in [-0.1, -0.05) is 6.07 Å². The Bertz CT molecular complexity index is 674. The van der Waals surface area contributed by atoms with Crippen molar-refractivity contribution in [2.24, 2.45) is 0 Å². The predicted molar refractivity (Wildman–Crippen MR) is 73.5 cm³/mol. The Labute approximate surface area is 119 Å². The Morgan fingerprint density at radius 3 is 2.57 bits per heavy atom. The van der Waals surface area contributed by atoms with Crippen LogP contribution in [0.25, 0.3) is 0 Å². The van der Waals surface area contributed by atoms with Crippen LogP contribution < -0.4 is 10.6 Å². The molecule has 2 rings (SSSR count). The lowest BCUT2D eigenvalue weighted by molar-refractivity contribution is 0.0951. The van der Waals surface area contributed by atoms with Gasteiger partial charge in [-0.25, -0.2) is 13.2 Å². The van der Waals surface area contributed by atoms with E-state index >= 15 is 0 Å². The van der Waals surface area contributed by atoms with E-state index in [0.29, 0.717) is 0 Å². The minimum absolute atomic E-state index is 0.0192. The first-order valence-electron chi connectivity index (χ1n) is 6.21. The molecule has 0 heterocycles. The van der Waals surface area contributed by atoms with E-state index in [9.17, 15) is 18.0 Å². The van der Waals surface area contributed by atoms with Crippen molar-refractivity contribution < 1.29 is 18.0 Å². The fourth-order valence-electron chi connectivity index (χ4n) is 1.92. The predicted octanol–water partition coefficient (Wildman–Crippen LogP) is 3.08. The van der Waals surface area contributed by atoms with Crippen LogP contribution in [-0.2, 0) is 6.54 Å². The summed E-state index contributed by atoms with van der Waals surface area (Å²) >= 11 is 0. The van der Waals surface area contributed by atoms with Gasteiger partial charge in [-0.3, -0.25) is 4.79 Å². The molecule has 0 aliphatic heterocycles. The van der Waals surface area contributed by atoms with E-state index in [0.717, 1.165) is 18.2 Å². The fourth-order valence-corrected chi connectivity index (χ4v) is 1.92. The molecular weight excluding hydrogens is 281 g/mol. The zero-order chi connectivity index (χ0) is 15.4. The molecule has 0 bridgehead atoms. The molecule has 0 unspecified atom stereocenters. The molecule has 0 fully saturated rings. The lowest BCUT2D eigenvalue weighted by atomic mass is 10.1. The lowest BCUT2D eigenvalue weighted by Crippen LogP contribution is -2.24. The van der Waals surface area contributed by atoms with E-state index in [1.807, 2.05) is 0 Å². The van der Waals surface area contributed by atoms with Crippen molar-refractivity contribution in [3.8, 4) is 0 Å². The van der Waals surface area contributed by atoms with Gasteiger partial charge in [-0.05, 0) is 30.3 Å². The zero-order valence-electron chi connectivity index (χ0n) is 11.2. The molecule has 2 N–H and O–H groups in total. The topological polar surface area (TPSA) is 41.1 Å². The first-order valence-corrected chi connectivity index (χ1v) is 6.21. The average Bonchev–Trinajstić information content (AvgIpc) is 2.47. The molecular formula is C15H13F3N2O. The van der Waals surface area contributed by atoms with E-state index in [1.54, 1.807) is 0 Å². The minimum Gasteiger partial charge on any atom is -0.385 e. The van der Waals surface area contributed by atoms with Crippen LogP contribution in [0.3, 0.4) is 0 Å². The van der Waals surface area contributed by atoms with Crippen molar-refractivity contribution in [2.75, 3.05) is 12.4 Å². The van der Waals surface area contributed by atoms with Gasteiger partial charge in [0.25, 0.3) is 5.91 Å². The number of nitrogens with one attached hydrogen (secondary N) is 2. The molecule has 0 saturated heterocycles. The second-order valence-corrected chi connectivity index (χ2v) is 4.33. The third-order valence-corrected chi connectivity index (χ3v) is 2.96. The van der Waals surface area contributed by atoms with Gasteiger partial charge < -0.3 is 10.6 Å². The maximum absolute atomic E-state index is 13.5. The van der Waals surface area contributed by atoms with E-state index in [-0.39, 0.29) is 23.4 Å². The van der Waals surface area contributed by atoms with Crippen LogP contribution in [0, 0.1) is 17.5 Å². The van der Waals surface area contributed by atoms with Gasteiger partial charge in [-0.15, -0.1) is 0 Å². The molecule has 0 radical (unpaired) electrons. The smallest absolute Gasteiger partial charge is 0.253 e. The number of anilines is 1.